The molecule has 0 bridgehead atoms. The lowest BCUT2D eigenvalue weighted by Crippen LogP contribution is -2.15. The maximum atomic E-state index is 12.9. The molecule has 1 aliphatic rings. The van der Waals surface area contributed by atoms with Crippen LogP contribution in [0.4, 0.5) is 10.3 Å². The predicted octanol–water partition coefficient (Wildman–Crippen LogP) is 2.73. The molecule has 2 aromatic carbocycles. The Kier molecular flexibility index (Phi) is 3.03. The molecule has 7 nitrogen and oxygen atoms in total. The van der Waals surface area contributed by atoms with Crippen molar-refractivity contribution in [1.82, 2.24) is 19.6 Å². The number of ether oxygens (including phenoxy) is 2. The highest BCUT2D eigenvalue weighted by Gasteiger charge is 2.17. The van der Waals surface area contributed by atoms with Gasteiger partial charge in [0.25, 0.3) is 5.78 Å². The zero-order chi connectivity index (χ0) is 16.8. The minimum Gasteiger partial charge on any atom is -0.486 e. The molecule has 1 aliphatic heterocycles. The number of rotatable bonds is 3. The number of hydrogen-bond donors (Lipinski definition) is 2. The van der Waals surface area contributed by atoms with E-state index in [2.05, 4.69) is 20.4 Å². The number of anilines is 1. The minimum absolute atomic E-state index is 0.249. The monoisotopic (exact) mass is 339 g/mol. The highest BCUT2D eigenvalue weighted by atomic mass is 19.1. The molecule has 0 saturated carbocycles. The maximum absolute atomic E-state index is 12.9. The summed E-state index contributed by atoms with van der Waals surface area (Å²) >= 11 is 0. The number of halogens is 1. The van der Waals surface area contributed by atoms with Gasteiger partial charge in [-0.2, -0.15) is 4.98 Å². The molecular weight excluding hydrogens is 325 g/mol. The lowest BCUT2D eigenvalue weighted by Gasteiger charge is -2.17. The smallest absolute Gasteiger partial charge is 0.253 e. The molecule has 126 valence electrons. The molecule has 2 aromatic heterocycles. The molecular formula is C17H14FN5O2. The number of benzene rings is 2. The van der Waals surface area contributed by atoms with Crippen molar-refractivity contribution in [3.8, 4) is 11.5 Å². The summed E-state index contributed by atoms with van der Waals surface area (Å²) in [7, 11) is 0. The topological polar surface area (TPSA) is 76.5 Å². The average Bonchev–Trinajstić information content (AvgIpc) is 3.17. The zero-order valence-corrected chi connectivity index (χ0v) is 13.1. The molecule has 8 heteroatoms. The van der Waals surface area contributed by atoms with Gasteiger partial charge in [-0.25, -0.2) is 13.9 Å². The SMILES string of the molecule is Fc1ccc(CNc2nc3nc4cc5c(cc4n3[nH]2)OCCO5)cc1. The van der Waals surface area contributed by atoms with Gasteiger partial charge in [-0.05, 0) is 17.7 Å². The van der Waals surface area contributed by atoms with Crippen molar-refractivity contribution in [2.75, 3.05) is 18.5 Å². The number of nitrogens with zero attached hydrogens (tertiary/aromatic N) is 3. The third kappa shape index (κ3) is 2.42. The Morgan fingerprint density at radius 1 is 1.08 bits per heavy atom. The molecule has 4 aromatic rings. The van der Waals surface area contributed by atoms with Crippen LogP contribution in [0.1, 0.15) is 5.56 Å². The summed E-state index contributed by atoms with van der Waals surface area (Å²) in [6, 6.07) is 10.1. The highest BCUT2D eigenvalue weighted by Crippen LogP contribution is 2.34. The standard InChI is InChI=1S/C17H14FN5O2/c18-11-3-1-10(2-4-11)9-19-16-21-17-20-12-7-14-15(25-6-5-24-14)8-13(12)23(17)22-16/h1-4,7-8H,5-6,9H2,(H2,19,20,21,22). The third-order valence-electron chi connectivity index (χ3n) is 4.10. The summed E-state index contributed by atoms with van der Waals surface area (Å²) in [4.78, 5) is 8.94. The lowest BCUT2D eigenvalue weighted by atomic mass is 10.2. The molecule has 0 saturated heterocycles. The molecule has 2 N–H and O–H groups in total. The summed E-state index contributed by atoms with van der Waals surface area (Å²) in [5.41, 5.74) is 2.61. The van der Waals surface area contributed by atoms with Crippen LogP contribution in [-0.2, 0) is 6.54 Å². The molecule has 0 unspecified atom stereocenters. The van der Waals surface area contributed by atoms with Crippen molar-refractivity contribution < 1.29 is 13.9 Å². The van der Waals surface area contributed by atoms with E-state index in [-0.39, 0.29) is 5.82 Å². The first-order chi connectivity index (χ1) is 12.3. The second-order valence-electron chi connectivity index (χ2n) is 5.78. The quantitative estimate of drug-likeness (QED) is 0.600. The fraction of sp³-hybridized carbons (Fsp3) is 0.176. The van der Waals surface area contributed by atoms with Gasteiger partial charge >= 0.3 is 0 Å². The van der Waals surface area contributed by atoms with Gasteiger partial charge in [-0.3, -0.25) is 5.10 Å². The van der Waals surface area contributed by atoms with Crippen molar-refractivity contribution in [2.24, 2.45) is 0 Å². The second kappa shape index (κ2) is 5.37. The summed E-state index contributed by atoms with van der Waals surface area (Å²) in [5.74, 6) is 2.30. The van der Waals surface area contributed by atoms with E-state index in [1.54, 1.807) is 16.6 Å². The Labute approximate surface area is 141 Å². The fourth-order valence-corrected chi connectivity index (χ4v) is 2.88. The Bertz CT molecular complexity index is 1070. The first kappa shape index (κ1) is 14.1. The lowest BCUT2D eigenvalue weighted by molar-refractivity contribution is 0.172. The van der Waals surface area contributed by atoms with Crippen LogP contribution in [0.25, 0.3) is 16.8 Å². The van der Waals surface area contributed by atoms with E-state index in [4.69, 9.17) is 9.47 Å². The van der Waals surface area contributed by atoms with E-state index in [0.717, 1.165) is 16.6 Å². The molecule has 3 heterocycles. The van der Waals surface area contributed by atoms with Crippen LogP contribution < -0.4 is 14.8 Å². The molecule has 0 atom stereocenters. The van der Waals surface area contributed by atoms with Crippen LogP contribution in [0.2, 0.25) is 0 Å². The fourth-order valence-electron chi connectivity index (χ4n) is 2.88. The average molecular weight is 339 g/mol. The second-order valence-corrected chi connectivity index (χ2v) is 5.78. The summed E-state index contributed by atoms with van der Waals surface area (Å²) < 4.78 is 25.9. The number of nitrogens with one attached hydrogen (secondary N) is 2. The number of hydrogen-bond acceptors (Lipinski definition) is 5. The number of fused-ring (bicyclic) bond motifs is 4. The first-order valence-corrected chi connectivity index (χ1v) is 7.92. The van der Waals surface area contributed by atoms with Crippen LogP contribution in [0.5, 0.6) is 11.5 Å². The van der Waals surface area contributed by atoms with E-state index >= 15 is 0 Å². The Morgan fingerprint density at radius 3 is 2.64 bits per heavy atom. The summed E-state index contributed by atoms with van der Waals surface area (Å²) in [5, 5.41) is 6.35. The van der Waals surface area contributed by atoms with Gasteiger partial charge in [0.2, 0.25) is 5.95 Å². The van der Waals surface area contributed by atoms with E-state index in [1.165, 1.54) is 12.1 Å². The molecule has 25 heavy (non-hydrogen) atoms. The van der Waals surface area contributed by atoms with E-state index in [0.29, 0.717) is 43.0 Å². The van der Waals surface area contributed by atoms with Crippen molar-refractivity contribution in [3.05, 3.63) is 47.8 Å². The van der Waals surface area contributed by atoms with E-state index < -0.39 is 0 Å². The van der Waals surface area contributed by atoms with Gasteiger partial charge in [0, 0.05) is 18.7 Å². The number of imidazole rings is 1. The minimum atomic E-state index is -0.249. The molecule has 0 fully saturated rings. The van der Waals surface area contributed by atoms with Crippen LogP contribution in [0.3, 0.4) is 0 Å². The molecule has 0 radical (unpaired) electrons. The Morgan fingerprint density at radius 2 is 1.84 bits per heavy atom. The van der Waals surface area contributed by atoms with Crippen molar-refractivity contribution >= 4 is 22.8 Å². The number of aromatic amines is 1. The van der Waals surface area contributed by atoms with E-state index in [9.17, 15) is 4.39 Å². The molecule has 5 rings (SSSR count). The van der Waals surface area contributed by atoms with Gasteiger partial charge in [0.15, 0.2) is 11.5 Å². The van der Waals surface area contributed by atoms with E-state index in [1.807, 2.05) is 12.1 Å². The van der Waals surface area contributed by atoms with Gasteiger partial charge in [0.05, 0.1) is 11.0 Å². The van der Waals surface area contributed by atoms with Crippen LogP contribution in [0.15, 0.2) is 36.4 Å². The van der Waals surface area contributed by atoms with Crippen LogP contribution in [-0.4, -0.2) is 32.8 Å². The molecule has 0 aliphatic carbocycles. The maximum Gasteiger partial charge on any atom is 0.253 e. The number of H-pyrrole nitrogens is 1. The van der Waals surface area contributed by atoms with Gasteiger partial charge in [-0.15, -0.1) is 0 Å². The third-order valence-corrected chi connectivity index (χ3v) is 4.10. The molecule has 0 amide bonds. The van der Waals surface area contributed by atoms with Crippen LogP contribution in [0, 0.1) is 5.82 Å². The molecule has 0 spiro atoms. The largest absolute Gasteiger partial charge is 0.486 e. The van der Waals surface area contributed by atoms with Crippen LogP contribution >= 0.6 is 0 Å². The van der Waals surface area contributed by atoms with Crippen molar-refractivity contribution in [1.29, 1.82) is 0 Å². The summed E-state index contributed by atoms with van der Waals surface area (Å²) in [6.45, 7) is 1.61. The Balaban J connectivity index is 1.46. The van der Waals surface area contributed by atoms with Gasteiger partial charge in [0.1, 0.15) is 19.0 Å². The van der Waals surface area contributed by atoms with Crippen molar-refractivity contribution in [3.63, 3.8) is 0 Å². The van der Waals surface area contributed by atoms with Gasteiger partial charge < -0.3 is 14.8 Å². The normalized spacial score (nSPS) is 13.5. The predicted molar refractivity (Wildman–Crippen MR) is 89.6 cm³/mol. The van der Waals surface area contributed by atoms with Gasteiger partial charge in [-0.1, -0.05) is 12.1 Å². The zero-order valence-electron chi connectivity index (χ0n) is 13.1. The Hall–Kier alpha value is -3.29. The number of aromatic nitrogens is 4. The summed E-state index contributed by atoms with van der Waals surface area (Å²) in [6.07, 6.45) is 0. The van der Waals surface area contributed by atoms with Crippen molar-refractivity contribution in [2.45, 2.75) is 6.54 Å². The first-order valence-electron chi connectivity index (χ1n) is 7.92. The highest BCUT2D eigenvalue weighted by molar-refractivity contribution is 5.83.